The average molecular weight is 380 g/mol. The highest BCUT2D eigenvalue weighted by atomic mass is 32.2. The molecule has 9 nitrogen and oxygen atoms in total. The van der Waals surface area contributed by atoms with E-state index in [0.29, 0.717) is 17.7 Å². The van der Waals surface area contributed by atoms with Crippen LogP contribution in [0.3, 0.4) is 0 Å². The van der Waals surface area contributed by atoms with Gasteiger partial charge in [0.15, 0.2) is 0 Å². The number of esters is 1. The summed E-state index contributed by atoms with van der Waals surface area (Å²) in [6.45, 7) is 3.72. The monoisotopic (exact) mass is 380 g/mol. The van der Waals surface area contributed by atoms with E-state index in [0.717, 1.165) is 5.56 Å². The van der Waals surface area contributed by atoms with Gasteiger partial charge in [-0.25, -0.2) is 18.3 Å². The zero-order valence-corrected chi connectivity index (χ0v) is 15.6. The number of carbonyl (C=O) groups is 1. The molecular weight excluding hydrogens is 360 g/mol. The normalized spacial score (nSPS) is 14.9. The van der Waals surface area contributed by atoms with Gasteiger partial charge in [0, 0.05) is 31.4 Å². The van der Waals surface area contributed by atoms with Crippen LogP contribution in [0.1, 0.15) is 34.2 Å². The van der Waals surface area contributed by atoms with Gasteiger partial charge >= 0.3 is 5.97 Å². The number of H-pyrrole nitrogens is 1. The number of aromatic nitrogens is 3. The van der Waals surface area contributed by atoms with Crippen LogP contribution >= 0.6 is 0 Å². The summed E-state index contributed by atoms with van der Waals surface area (Å²) in [5.74, 6) is -0.578. The standard InChI is InChI=1S/C16H20N4O5S/c1-4-25-16(22)13-7-14(10(2)19(13)3)26(23,24)20-6-5-11-8-17-18-15(21)12(11)9-20/h7-8H,4-6,9H2,1-3H3,(H,18,21). The van der Waals surface area contributed by atoms with E-state index in [-0.39, 0.29) is 35.8 Å². The van der Waals surface area contributed by atoms with Crippen molar-refractivity contribution in [2.24, 2.45) is 7.05 Å². The minimum atomic E-state index is -3.87. The van der Waals surface area contributed by atoms with Crippen molar-refractivity contribution in [3.63, 3.8) is 0 Å². The van der Waals surface area contributed by atoms with Crippen molar-refractivity contribution in [3.8, 4) is 0 Å². The van der Waals surface area contributed by atoms with Gasteiger partial charge in [-0.3, -0.25) is 4.79 Å². The average Bonchev–Trinajstić information content (AvgIpc) is 2.91. The number of aromatic amines is 1. The van der Waals surface area contributed by atoms with E-state index in [1.165, 1.54) is 14.9 Å². The molecule has 0 aliphatic carbocycles. The van der Waals surface area contributed by atoms with Crippen LogP contribution in [0.2, 0.25) is 0 Å². The molecule has 3 heterocycles. The summed E-state index contributed by atoms with van der Waals surface area (Å²) in [5, 5.41) is 6.08. The summed E-state index contributed by atoms with van der Waals surface area (Å²) >= 11 is 0. The SMILES string of the molecule is CCOC(=O)c1cc(S(=O)(=O)N2CCc3cn[nH]c(=O)c3C2)c(C)n1C. The number of carbonyl (C=O) groups excluding carboxylic acids is 1. The second-order valence-corrected chi connectivity index (χ2v) is 7.96. The Morgan fingerprint density at radius 1 is 1.42 bits per heavy atom. The molecule has 0 bridgehead atoms. The van der Waals surface area contributed by atoms with Crippen molar-refractivity contribution in [2.45, 2.75) is 31.7 Å². The maximum atomic E-state index is 13.1. The Morgan fingerprint density at radius 3 is 2.85 bits per heavy atom. The molecule has 0 amide bonds. The molecule has 1 N–H and O–H groups in total. The number of nitrogens with zero attached hydrogens (tertiary/aromatic N) is 3. The third kappa shape index (κ3) is 2.95. The van der Waals surface area contributed by atoms with Gasteiger partial charge in [-0.15, -0.1) is 0 Å². The first-order valence-corrected chi connectivity index (χ1v) is 9.60. The van der Waals surface area contributed by atoms with Gasteiger partial charge in [0.05, 0.1) is 12.8 Å². The predicted molar refractivity (Wildman–Crippen MR) is 92.3 cm³/mol. The van der Waals surface area contributed by atoms with Gasteiger partial charge in [-0.05, 0) is 31.9 Å². The second-order valence-electron chi connectivity index (χ2n) is 6.05. The number of ether oxygens (including phenoxy) is 1. The van der Waals surface area contributed by atoms with E-state index < -0.39 is 16.0 Å². The van der Waals surface area contributed by atoms with Crippen LogP contribution < -0.4 is 5.56 Å². The van der Waals surface area contributed by atoms with Crippen LogP contribution in [0.15, 0.2) is 22.0 Å². The predicted octanol–water partition coefficient (Wildman–Crippen LogP) is 0.341. The van der Waals surface area contributed by atoms with E-state index in [9.17, 15) is 18.0 Å². The lowest BCUT2D eigenvalue weighted by molar-refractivity contribution is 0.0515. The molecular formula is C16H20N4O5S. The Labute approximate surface area is 150 Å². The van der Waals surface area contributed by atoms with E-state index in [2.05, 4.69) is 10.2 Å². The Balaban J connectivity index is 2.00. The van der Waals surface area contributed by atoms with E-state index >= 15 is 0 Å². The van der Waals surface area contributed by atoms with Gasteiger partial charge < -0.3 is 9.30 Å². The first-order chi connectivity index (χ1) is 12.3. The van der Waals surface area contributed by atoms with Gasteiger partial charge in [0.25, 0.3) is 5.56 Å². The lowest BCUT2D eigenvalue weighted by Crippen LogP contribution is -2.39. The summed E-state index contributed by atoms with van der Waals surface area (Å²) in [7, 11) is -2.26. The summed E-state index contributed by atoms with van der Waals surface area (Å²) in [6, 6.07) is 1.33. The minimum Gasteiger partial charge on any atom is -0.461 e. The van der Waals surface area contributed by atoms with Crippen molar-refractivity contribution in [1.29, 1.82) is 0 Å². The van der Waals surface area contributed by atoms with E-state index in [4.69, 9.17) is 4.74 Å². The second kappa shape index (κ2) is 6.69. The molecule has 2 aromatic rings. The van der Waals surface area contributed by atoms with Crippen LogP contribution in [0.25, 0.3) is 0 Å². The van der Waals surface area contributed by atoms with Crippen molar-refractivity contribution >= 4 is 16.0 Å². The molecule has 140 valence electrons. The highest BCUT2D eigenvalue weighted by Gasteiger charge is 2.33. The van der Waals surface area contributed by atoms with Gasteiger partial charge in [-0.1, -0.05) is 0 Å². The number of sulfonamides is 1. The molecule has 1 aliphatic heterocycles. The van der Waals surface area contributed by atoms with Crippen LogP contribution in [-0.4, -0.2) is 46.6 Å². The third-order valence-corrected chi connectivity index (χ3v) is 6.57. The molecule has 0 saturated heterocycles. The zero-order chi connectivity index (χ0) is 19.1. The van der Waals surface area contributed by atoms with Crippen molar-refractivity contribution in [1.82, 2.24) is 19.1 Å². The molecule has 0 unspecified atom stereocenters. The summed E-state index contributed by atoms with van der Waals surface area (Å²) in [4.78, 5) is 24.0. The first kappa shape index (κ1) is 18.3. The maximum Gasteiger partial charge on any atom is 0.354 e. The molecule has 0 fully saturated rings. The quantitative estimate of drug-likeness (QED) is 0.765. The number of fused-ring (bicyclic) bond motifs is 1. The Hall–Kier alpha value is -2.46. The fourth-order valence-corrected chi connectivity index (χ4v) is 4.71. The molecule has 1 aliphatic rings. The molecule has 2 aromatic heterocycles. The van der Waals surface area contributed by atoms with Crippen molar-refractivity contribution in [3.05, 3.63) is 45.1 Å². The molecule has 10 heteroatoms. The van der Waals surface area contributed by atoms with Crippen molar-refractivity contribution in [2.75, 3.05) is 13.2 Å². The summed E-state index contributed by atoms with van der Waals surface area (Å²) in [6.07, 6.45) is 1.95. The van der Waals surface area contributed by atoms with E-state index in [1.54, 1.807) is 27.1 Å². The van der Waals surface area contributed by atoms with Crippen molar-refractivity contribution < 1.29 is 17.9 Å². The fourth-order valence-electron chi connectivity index (χ4n) is 3.03. The van der Waals surface area contributed by atoms with E-state index in [1.807, 2.05) is 0 Å². The lowest BCUT2D eigenvalue weighted by atomic mass is 10.1. The van der Waals surface area contributed by atoms with Crippen LogP contribution in [0.4, 0.5) is 0 Å². The molecule has 26 heavy (non-hydrogen) atoms. The zero-order valence-electron chi connectivity index (χ0n) is 14.8. The third-order valence-electron chi connectivity index (χ3n) is 4.60. The Kier molecular flexibility index (Phi) is 4.72. The number of nitrogens with one attached hydrogen (secondary N) is 1. The molecule has 3 rings (SSSR count). The largest absolute Gasteiger partial charge is 0.461 e. The highest BCUT2D eigenvalue weighted by Crippen LogP contribution is 2.27. The Morgan fingerprint density at radius 2 is 2.15 bits per heavy atom. The first-order valence-electron chi connectivity index (χ1n) is 8.16. The van der Waals surface area contributed by atoms with Gasteiger partial charge in [-0.2, -0.15) is 9.40 Å². The summed E-state index contributed by atoms with van der Waals surface area (Å²) in [5.41, 5.74) is 1.36. The minimum absolute atomic E-state index is 0.0292. The molecule has 0 spiro atoms. The molecule has 0 saturated carbocycles. The van der Waals surface area contributed by atoms with Crippen LogP contribution in [0.5, 0.6) is 0 Å². The van der Waals surface area contributed by atoms with Gasteiger partial charge in [0.1, 0.15) is 10.6 Å². The molecule has 0 aromatic carbocycles. The molecule has 0 radical (unpaired) electrons. The lowest BCUT2D eigenvalue weighted by Gasteiger charge is -2.27. The summed E-state index contributed by atoms with van der Waals surface area (Å²) < 4.78 is 33.9. The smallest absolute Gasteiger partial charge is 0.354 e. The maximum absolute atomic E-state index is 13.1. The van der Waals surface area contributed by atoms with Gasteiger partial charge in [0.2, 0.25) is 10.0 Å². The number of hydrogen-bond acceptors (Lipinski definition) is 6. The molecule has 0 atom stereocenters. The topological polar surface area (TPSA) is 114 Å². The van der Waals surface area contributed by atoms with Crippen LogP contribution in [-0.2, 0) is 34.8 Å². The van der Waals surface area contributed by atoms with Crippen LogP contribution in [0, 0.1) is 6.92 Å². The Bertz CT molecular complexity index is 1020. The number of rotatable bonds is 4. The number of hydrogen-bond donors (Lipinski definition) is 1. The highest BCUT2D eigenvalue weighted by molar-refractivity contribution is 7.89. The fraction of sp³-hybridized carbons (Fsp3) is 0.438.